The lowest BCUT2D eigenvalue weighted by molar-refractivity contribution is 0.0990. The predicted molar refractivity (Wildman–Crippen MR) is 159 cm³/mol. The molecule has 3 aliphatic rings. The number of para-hydroxylation sites is 2. The number of Topliss-reactive ketones (excluding diaryl/α,β-unsaturated/α-hetero) is 2. The SMILES string of the molecule is O=C1C(=Cc2ccc(N3c4ccccc4[Si]4(CCC4)c4ccccc43)s2)C(=O)c2cc3ccccc3cc21. The minimum atomic E-state index is -1.68. The van der Waals surface area contributed by atoms with E-state index in [1.165, 1.54) is 40.3 Å². The quantitative estimate of drug-likeness (QED) is 0.140. The molecular weight excluding hydrogens is 503 g/mol. The summed E-state index contributed by atoms with van der Waals surface area (Å²) < 4.78 is 0. The highest BCUT2D eigenvalue weighted by Gasteiger charge is 2.49. The van der Waals surface area contributed by atoms with Crippen LogP contribution in [0.5, 0.6) is 0 Å². The fraction of sp³-hybridized carbons (Fsp3) is 0.0909. The Morgan fingerprint density at radius 1 is 0.684 bits per heavy atom. The van der Waals surface area contributed by atoms with Gasteiger partial charge in [-0.1, -0.05) is 67.1 Å². The van der Waals surface area contributed by atoms with Gasteiger partial charge in [0.1, 0.15) is 13.1 Å². The maximum atomic E-state index is 13.3. The van der Waals surface area contributed by atoms with Crippen molar-refractivity contribution in [3.05, 3.63) is 119 Å². The van der Waals surface area contributed by atoms with Crippen LogP contribution in [0.2, 0.25) is 12.1 Å². The number of nitrogens with zero attached hydrogens (tertiary/aromatic N) is 1. The van der Waals surface area contributed by atoms with E-state index in [4.69, 9.17) is 0 Å². The molecule has 5 heteroatoms. The maximum absolute atomic E-state index is 13.3. The number of thiophene rings is 1. The van der Waals surface area contributed by atoms with Crippen LogP contribution in [0.25, 0.3) is 16.8 Å². The van der Waals surface area contributed by atoms with Crippen LogP contribution in [0.4, 0.5) is 16.4 Å². The third kappa shape index (κ3) is 2.94. The molecular formula is C33H23NO2SSi. The summed E-state index contributed by atoms with van der Waals surface area (Å²) >= 11 is 1.63. The number of carbonyl (C=O) groups is 2. The summed E-state index contributed by atoms with van der Waals surface area (Å²) in [6.45, 7) is 0. The van der Waals surface area contributed by atoms with Gasteiger partial charge in [-0.25, -0.2) is 0 Å². The monoisotopic (exact) mass is 525 g/mol. The van der Waals surface area contributed by atoms with Gasteiger partial charge < -0.3 is 4.90 Å². The van der Waals surface area contributed by atoms with Crippen molar-refractivity contribution in [1.82, 2.24) is 0 Å². The molecule has 5 aromatic rings. The van der Waals surface area contributed by atoms with Gasteiger partial charge in [0.25, 0.3) is 0 Å². The lowest BCUT2D eigenvalue weighted by Crippen LogP contribution is -2.66. The Morgan fingerprint density at radius 3 is 1.79 bits per heavy atom. The molecule has 3 heterocycles. The zero-order valence-corrected chi connectivity index (χ0v) is 22.4. The number of carbonyl (C=O) groups excluding carboxylic acids is 2. The summed E-state index contributed by atoms with van der Waals surface area (Å²) in [6, 6.07) is 36.2. The van der Waals surface area contributed by atoms with E-state index in [0.29, 0.717) is 11.1 Å². The van der Waals surface area contributed by atoms with Crippen molar-refractivity contribution in [3.8, 4) is 0 Å². The van der Waals surface area contributed by atoms with Crippen LogP contribution >= 0.6 is 11.3 Å². The van der Waals surface area contributed by atoms with Gasteiger partial charge in [0.05, 0.1) is 5.57 Å². The molecule has 0 bridgehead atoms. The third-order valence-corrected chi connectivity index (χ3v) is 14.9. The lowest BCUT2D eigenvalue weighted by atomic mass is 10.0. The highest BCUT2D eigenvalue weighted by atomic mass is 32.1. The first kappa shape index (κ1) is 22.0. The molecule has 2 aliphatic heterocycles. The van der Waals surface area contributed by atoms with Crippen LogP contribution in [-0.4, -0.2) is 19.6 Å². The molecule has 4 aromatic carbocycles. The molecule has 0 saturated carbocycles. The summed E-state index contributed by atoms with van der Waals surface area (Å²) in [7, 11) is -1.68. The molecule has 182 valence electrons. The lowest BCUT2D eigenvalue weighted by Gasteiger charge is -2.48. The van der Waals surface area contributed by atoms with E-state index in [1.54, 1.807) is 17.4 Å². The van der Waals surface area contributed by atoms with E-state index in [9.17, 15) is 9.59 Å². The average Bonchev–Trinajstić information content (AvgIpc) is 3.48. The molecule has 0 amide bonds. The molecule has 1 aromatic heterocycles. The number of hydrogen-bond donors (Lipinski definition) is 0. The summed E-state index contributed by atoms with van der Waals surface area (Å²) in [5.74, 6) is -0.366. The topological polar surface area (TPSA) is 37.4 Å². The van der Waals surface area contributed by atoms with Gasteiger partial charge >= 0.3 is 0 Å². The fourth-order valence-electron chi connectivity index (χ4n) is 6.55. The molecule has 1 spiro atoms. The number of fused-ring (bicyclic) bond motifs is 6. The van der Waals surface area contributed by atoms with Gasteiger partial charge in [0.15, 0.2) is 11.6 Å². The van der Waals surface area contributed by atoms with Crippen molar-refractivity contribution < 1.29 is 9.59 Å². The zero-order chi connectivity index (χ0) is 25.4. The van der Waals surface area contributed by atoms with E-state index in [1.807, 2.05) is 42.5 Å². The number of ketones is 2. The van der Waals surface area contributed by atoms with Gasteiger partial charge in [-0.15, -0.1) is 11.3 Å². The Bertz CT molecular complexity index is 1760. The number of hydrogen-bond acceptors (Lipinski definition) is 4. The number of benzene rings is 4. The highest BCUT2D eigenvalue weighted by Crippen LogP contribution is 2.46. The van der Waals surface area contributed by atoms with Crippen LogP contribution in [-0.2, 0) is 0 Å². The second kappa shape index (κ2) is 7.97. The first-order valence-electron chi connectivity index (χ1n) is 13.1. The Balaban J connectivity index is 1.22. The molecule has 1 aliphatic carbocycles. The molecule has 8 rings (SSSR count). The summed E-state index contributed by atoms with van der Waals surface area (Å²) in [6.07, 6.45) is 3.10. The number of rotatable bonds is 2. The number of anilines is 3. The first-order valence-corrected chi connectivity index (χ1v) is 16.3. The average molecular weight is 526 g/mol. The largest absolute Gasteiger partial charge is 0.302 e. The molecule has 0 N–H and O–H groups in total. The van der Waals surface area contributed by atoms with Crippen LogP contribution < -0.4 is 15.3 Å². The van der Waals surface area contributed by atoms with Crippen LogP contribution in [0, 0.1) is 0 Å². The van der Waals surface area contributed by atoms with Crippen molar-refractivity contribution >= 4 is 74.6 Å². The van der Waals surface area contributed by atoms with Gasteiger partial charge in [-0.2, -0.15) is 0 Å². The number of allylic oxidation sites excluding steroid dienone is 1. The molecule has 0 atom stereocenters. The highest BCUT2D eigenvalue weighted by molar-refractivity contribution is 7.17. The minimum Gasteiger partial charge on any atom is -0.302 e. The summed E-state index contributed by atoms with van der Waals surface area (Å²) in [4.78, 5) is 29.9. The van der Waals surface area contributed by atoms with Crippen molar-refractivity contribution in [2.75, 3.05) is 4.90 Å². The normalized spacial score (nSPS) is 16.8. The Morgan fingerprint density at radius 2 is 1.24 bits per heavy atom. The summed E-state index contributed by atoms with van der Waals surface area (Å²) in [5, 5.41) is 6.11. The smallest absolute Gasteiger partial charge is 0.197 e. The van der Waals surface area contributed by atoms with E-state index in [-0.39, 0.29) is 17.1 Å². The van der Waals surface area contributed by atoms with Crippen LogP contribution in [0.3, 0.4) is 0 Å². The third-order valence-electron chi connectivity index (χ3n) is 8.51. The van der Waals surface area contributed by atoms with Gasteiger partial charge in [0, 0.05) is 27.4 Å². The predicted octanol–water partition coefficient (Wildman–Crippen LogP) is 7.11. The molecule has 38 heavy (non-hydrogen) atoms. The molecule has 1 saturated heterocycles. The van der Waals surface area contributed by atoms with Crippen molar-refractivity contribution in [3.63, 3.8) is 0 Å². The Labute approximate surface area is 225 Å². The summed E-state index contributed by atoms with van der Waals surface area (Å²) in [5.41, 5.74) is 3.83. The van der Waals surface area contributed by atoms with Crippen LogP contribution in [0.15, 0.2) is 103 Å². The van der Waals surface area contributed by atoms with Crippen molar-refractivity contribution in [2.24, 2.45) is 0 Å². The minimum absolute atomic E-state index is 0.183. The standard InChI is InChI=1S/C33H23NO2SSi/c35-32-24-18-21-8-1-2-9-22(21)19-25(24)33(36)26(32)20-23-14-15-31(37-23)34-27-10-3-5-12-29(27)38(16-7-17-38)30-13-6-4-11-28(30)34/h1-6,8-15,18-20H,7,16-17H2. The second-order valence-electron chi connectivity index (χ2n) is 10.4. The first-order chi connectivity index (χ1) is 18.6. The fourth-order valence-corrected chi connectivity index (χ4v) is 12.2. The Hall–Kier alpha value is -4.06. The van der Waals surface area contributed by atoms with Crippen LogP contribution in [0.1, 0.15) is 32.0 Å². The zero-order valence-electron chi connectivity index (χ0n) is 20.6. The van der Waals surface area contributed by atoms with E-state index < -0.39 is 8.07 Å². The molecule has 0 radical (unpaired) electrons. The molecule has 3 nitrogen and oxygen atoms in total. The van der Waals surface area contributed by atoms with Gasteiger partial charge in [0.2, 0.25) is 0 Å². The maximum Gasteiger partial charge on any atom is 0.197 e. The van der Waals surface area contributed by atoms with Crippen molar-refractivity contribution in [2.45, 2.75) is 18.5 Å². The Kier molecular flexibility index (Phi) is 4.61. The van der Waals surface area contributed by atoms with E-state index in [2.05, 4.69) is 59.5 Å². The molecule has 0 unspecified atom stereocenters. The van der Waals surface area contributed by atoms with Gasteiger partial charge in [-0.05, 0) is 75.7 Å². The van der Waals surface area contributed by atoms with E-state index >= 15 is 0 Å². The van der Waals surface area contributed by atoms with Gasteiger partial charge in [-0.3, -0.25) is 9.59 Å². The molecule has 1 fully saturated rings. The van der Waals surface area contributed by atoms with E-state index in [0.717, 1.165) is 20.7 Å². The van der Waals surface area contributed by atoms with Crippen molar-refractivity contribution in [1.29, 1.82) is 0 Å². The second-order valence-corrected chi connectivity index (χ2v) is 15.8.